The molecule has 4 heterocycles. The topological polar surface area (TPSA) is 91.2 Å². The van der Waals surface area contributed by atoms with Crippen molar-refractivity contribution in [2.45, 2.75) is 31.0 Å². The third-order valence-corrected chi connectivity index (χ3v) is 6.80. The molecule has 8 nitrogen and oxygen atoms in total. The van der Waals surface area contributed by atoms with Crippen LogP contribution in [0.4, 0.5) is 10.2 Å². The molecule has 30 heavy (non-hydrogen) atoms. The van der Waals surface area contributed by atoms with Gasteiger partial charge in [0.05, 0.1) is 28.0 Å². The van der Waals surface area contributed by atoms with E-state index in [-0.39, 0.29) is 22.0 Å². The van der Waals surface area contributed by atoms with Crippen molar-refractivity contribution in [3.05, 3.63) is 11.1 Å². The van der Waals surface area contributed by atoms with Gasteiger partial charge in [0.2, 0.25) is 0 Å². The largest absolute Gasteiger partial charge is 0.490 e. The summed E-state index contributed by atoms with van der Waals surface area (Å²) >= 11 is 6.38. The monoisotopic (exact) mass is 436 g/mol. The zero-order chi connectivity index (χ0) is 21.0. The fourth-order valence-corrected chi connectivity index (χ4v) is 5.22. The van der Waals surface area contributed by atoms with Crippen LogP contribution in [-0.4, -0.2) is 83.6 Å². The van der Waals surface area contributed by atoms with Crippen molar-refractivity contribution in [1.29, 1.82) is 0 Å². The number of alkyl halides is 1. The van der Waals surface area contributed by atoms with E-state index in [2.05, 4.69) is 14.9 Å². The van der Waals surface area contributed by atoms with Crippen LogP contribution in [0, 0.1) is 0 Å². The van der Waals surface area contributed by atoms with Crippen LogP contribution in [0.1, 0.15) is 19.3 Å². The highest BCUT2D eigenvalue weighted by Gasteiger charge is 2.49. The summed E-state index contributed by atoms with van der Waals surface area (Å²) in [6.07, 6.45) is 1.54. The maximum Gasteiger partial charge on any atom is 0.490 e. The van der Waals surface area contributed by atoms with Crippen LogP contribution < -0.4 is 19.8 Å². The van der Waals surface area contributed by atoms with Crippen LogP contribution in [0.3, 0.4) is 0 Å². The van der Waals surface area contributed by atoms with E-state index in [1.54, 1.807) is 0 Å². The molecule has 160 valence electrons. The highest BCUT2D eigenvalue weighted by atomic mass is 35.5. The molecule has 2 aromatic rings. The molecule has 0 bridgehead atoms. The Labute approximate surface area is 178 Å². The van der Waals surface area contributed by atoms with E-state index >= 15 is 0 Å². The van der Waals surface area contributed by atoms with E-state index in [0.717, 1.165) is 19.4 Å². The van der Waals surface area contributed by atoms with Gasteiger partial charge >= 0.3 is 13.1 Å². The standard InChI is InChI=1S/C19H23BClFN4O4/c1-25-5-6-29-16-14-13(7-12(15(16)21)20(27)28)23-18(24-17(14)25)30-10-19-3-2-4-26(19)9-11(22)8-19/h7,11,27-28H,2-6,8-10H2,1H3/t11-,19+/m1/s1. The fourth-order valence-electron chi connectivity index (χ4n) is 4.92. The van der Waals surface area contributed by atoms with Crippen molar-refractivity contribution < 1.29 is 23.9 Å². The van der Waals surface area contributed by atoms with Crippen molar-refractivity contribution in [2.75, 3.05) is 44.8 Å². The molecule has 0 spiro atoms. The van der Waals surface area contributed by atoms with Gasteiger partial charge in [-0.05, 0) is 25.5 Å². The zero-order valence-electron chi connectivity index (χ0n) is 16.6. The van der Waals surface area contributed by atoms with Gasteiger partial charge in [-0.1, -0.05) is 11.6 Å². The molecule has 11 heteroatoms. The maximum absolute atomic E-state index is 14.0. The van der Waals surface area contributed by atoms with Crippen molar-refractivity contribution in [3.63, 3.8) is 0 Å². The minimum atomic E-state index is -1.77. The lowest BCUT2D eigenvalue weighted by Gasteiger charge is -2.31. The van der Waals surface area contributed by atoms with Crippen LogP contribution in [0.2, 0.25) is 5.02 Å². The average molecular weight is 437 g/mol. The van der Waals surface area contributed by atoms with Gasteiger partial charge in [-0.2, -0.15) is 9.97 Å². The van der Waals surface area contributed by atoms with Crippen LogP contribution in [0.15, 0.2) is 6.07 Å². The first kappa shape index (κ1) is 20.1. The maximum atomic E-state index is 14.0. The summed E-state index contributed by atoms with van der Waals surface area (Å²) in [5, 5.41) is 20.2. The molecule has 2 atom stereocenters. The predicted octanol–water partition coefficient (Wildman–Crippen LogP) is 0.747. The second kappa shape index (κ2) is 7.37. The van der Waals surface area contributed by atoms with Crippen molar-refractivity contribution in [1.82, 2.24) is 14.9 Å². The molecule has 1 aromatic carbocycles. The summed E-state index contributed by atoms with van der Waals surface area (Å²) in [5.41, 5.74) is 0.246. The highest BCUT2D eigenvalue weighted by molar-refractivity contribution is 6.63. The normalized spacial score (nSPS) is 25.9. The molecular formula is C19H23BClFN4O4. The van der Waals surface area contributed by atoms with E-state index in [1.807, 2.05) is 11.9 Å². The van der Waals surface area contributed by atoms with Gasteiger partial charge in [0.15, 0.2) is 5.75 Å². The fraction of sp³-hybridized carbons (Fsp3) is 0.579. The number of rotatable bonds is 4. The van der Waals surface area contributed by atoms with Gasteiger partial charge in [0, 0.05) is 25.5 Å². The Balaban J connectivity index is 1.55. The number of likely N-dealkylation sites (N-methyl/N-ethyl adjacent to an activating group) is 1. The second-order valence-corrected chi connectivity index (χ2v) is 8.72. The molecule has 2 N–H and O–H groups in total. The summed E-state index contributed by atoms with van der Waals surface area (Å²) < 4.78 is 25.9. The smallest absolute Gasteiger partial charge is 0.489 e. The molecule has 3 aliphatic rings. The Morgan fingerprint density at radius 3 is 3.03 bits per heavy atom. The minimum Gasteiger partial charge on any atom is -0.489 e. The number of hydrogen-bond acceptors (Lipinski definition) is 8. The van der Waals surface area contributed by atoms with Crippen molar-refractivity contribution >= 4 is 40.9 Å². The van der Waals surface area contributed by atoms with E-state index in [4.69, 9.17) is 21.1 Å². The zero-order valence-corrected chi connectivity index (χ0v) is 17.4. The molecule has 0 amide bonds. The number of ether oxygens (including phenoxy) is 2. The molecule has 0 aliphatic carbocycles. The lowest BCUT2D eigenvalue weighted by atomic mass is 9.79. The molecule has 1 aromatic heterocycles. The molecule has 2 saturated heterocycles. The van der Waals surface area contributed by atoms with Gasteiger partial charge < -0.3 is 24.4 Å². The minimum absolute atomic E-state index is 0.107. The number of anilines is 1. The number of nitrogens with zero attached hydrogens (tertiary/aromatic N) is 4. The van der Waals surface area contributed by atoms with Crippen LogP contribution in [0.25, 0.3) is 10.9 Å². The Morgan fingerprint density at radius 1 is 1.40 bits per heavy atom. The molecule has 3 aliphatic heterocycles. The van der Waals surface area contributed by atoms with Crippen molar-refractivity contribution in [3.8, 4) is 11.8 Å². The molecule has 0 saturated carbocycles. The third-order valence-electron chi connectivity index (χ3n) is 6.41. The Bertz CT molecular complexity index is 999. The van der Waals surface area contributed by atoms with Gasteiger partial charge in [-0.15, -0.1) is 0 Å². The molecule has 2 fully saturated rings. The molecule has 0 radical (unpaired) electrons. The predicted molar refractivity (Wildman–Crippen MR) is 112 cm³/mol. The number of fused-ring (bicyclic) bond motifs is 1. The quantitative estimate of drug-likeness (QED) is 0.679. The van der Waals surface area contributed by atoms with Crippen LogP contribution >= 0.6 is 11.6 Å². The van der Waals surface area contributed by atoms with Gasteiger partial charge in [-0.25, -0.2) is 4.39 Å². The number of benzene rings is 1. The summed E-state index contributed by atoms with van der Waals surface area (Å²) in [6, 6.07) is 1.68. The van der Waals surface area contributed by atoms with E-state index in [0.29, 0.717) is 55.2 Å². The summed E-state index contributed by atoms with van der Waals surface area (Å²) in [7, 11) is 0.117. The summed E-state index contributed by atoms with van der Waals surface area (Å²) in [5.74, 6) is 0.929. The summed E-state index contributed by atoms with van der Waals surface area (Å²) in [6.45, 7) is 2.57. The lowest BCUT2D eigenvalue weighted by Crippen LogP contribution is -2.43. The van der Waals surface area contributed by atoms with Gasteiger partial charge in [-0.3, -0.25) is 4.90 Å². The number of aromatic nitrogens is 2. The van der Waals surface area contributed by atoms with E-state index in [1.165, 1.54) is 6.07 Å². The first-order valence-electron chi connectivity index (χ1n) is 10.1. The lowest BCUT2D eigenvalue weighted by molar-refractivity contribution is 0.107. The van der Waals surface area contributed by atoms with Crippen molar-refractivity contribution in [2.24, 2.45) is 0 Å². The SMILES string of the molecule is CN1CCOc2c(Cl)c(B(O)O)cc3nc(OC[C@@]45CCCN4C[C@H](F)C5)nc1c23. The van der Waals surface area contributed by atoms with Crippen LogP contribution in [-0.2, 0) is 0 Å². The first-order valence-corrected chi connectivity index (χ1v) is 10.5. The number of halogens is 2. The average Bonchev–Trinajstić information content (AvgIpc) is 3.16. The van der Waals surface area contributed by atoms with E-state index in [9.17, 15) is 14.4 Å². The molecule has 0 unspecified atom stereocenters. The Hall–Kier alpha value is -1.88. The first-order chi connectivity index (χ1) is 14.4. The third kappa shape index (κ3) is 3.17. The molecule has 5 rings (SSSR count). The second-order valence-electron chi connectivity index (χ2n) is 8.34. The number of hydrogen-bond donors (Lipinski definition) is 2. The van der Waals surface area contributed by atoms with E-state index < -0.39 is 13.3 Å². The Kier molecular flexibility index (Phi) is 4.92. The Morgan fingerprint density at radius 2 is 2.23 bits per heavy atom. The van der Waals surface area contributed by atoms with Gasteiger partial charge in [0.1, 0.15) is 25.2 Å². The van der Waals surface area contributed by atoms with Gasteiger partial charge in [0.25, 0.3) is 0 Å². The van der Waals surface area contributed by atoms with Crippen LogP contribution in [0.5, 0.6) is 11.8 Å². The highest BCUT2D eigenvalue weighted by Crippen LogP contribution is 2.42. The summed E-state index contributed by atoms with van der Waals surface area (Å²) in [4.78, 5) is 13.2. The molecular weight excluding hydrogens is 413 g/mol.